The van der Waals surface area contributed by atoms with E-state index in [9.17, 15) is 27.9 Å². The molecule has 0 fully saturated rings. The lowest BCUT2D eigenvalue weighted by atomic mass is 10.1. The van der Waals surface area contributed by atoms with Gasteiger partial charge in [-0.2, -0.15) is 0 Å². The van der Waals surface area contributed by atoms with Crippen LogP contribution in [0, 0.1) is 5.92 Å². The molecule has 10 nitrogen and oxygen atoms in total. The quantitative estimate of drug-likeness (QED) is 0.401. The van der Waals surface area contributed by atoms with E-state index in [1.807, 2.05) is 25.5 Å². The molecule has 0 radical (unpaired) electrons. The average molecular weight is 480 g/mol. The van der Waals surface area contributed by atoms with Gasteiger partial charge in [0.1, 0.15) is 5.70 Å². The third kappa shape index (κ3) is 7.43. The molecule has 1 aliphatic rings. The molecule has 0 saturated carbocycles. The summed E-state index contributed by atoms with van der Waals surface area (Å²) in [6.45, 7) is 7.25. The molecule has 1 aromatic carbocycles. The van der Waals surface area contributed by atoms with Gasteiger partial charge in [0, 0.05) is 37.4 Å². The van der Waals surface area contributed by atoms with Gasteiger partial charge in [-0.05, 0) is 49.3 Å². The van der Waals surface area contributed by atoms with Gasteiger partial charge in [-0.15, -0.1) is 0 Å². The molecule has 0 unspecified atom stereocenters. The normalized spacial score (nSPS) is 13.9. The Morgan fingerprint density at radius 2 is 1.79 bits per heavy atom. The van der Waals surface area contributed by atoms with Crippen LogP contribution >= 0.6 is 0 Å². The molecule has 2 rings (SSSR count). The highest BCUT2D eigenvalue weighted by molar-refractivity contribution is 7.90. The summed E-state index contributed by atoms with van der Waals surface area (Å²) in [5, 5.41) is 12.0. The summed E-state index contributed by atoms with van der Waals surface area (Å²) in [6, 6.07) is 5.16. The second-order valence-electron chi connectivity index (χ2n) is 7.74. The molecule has 0 saturated heterocycles. The van der Waals surface area contributed by atoms with Crippen LogP contribution in [0.5, 0.6) is 0 Å². The first kappa shape index (κ1) is 26.1. The minimum Gasteiger partial charge on any atom is -0.477 e. The number of allylic oxidation sites excluding steroid dienone is 2. The molecule has 1 heterocycles. The van der Waals surface area contributed by atoms with Crippen LogP contribution in [0.3, 0.4) is 0 Å². The van der Waals surface area contributed by atoms with Crippen LogP contribution in [0.15, 0.2) is 52.6 Å². The molecular weight excluding hydrogens is 450 g/mol. The maximum absolute atomic E-state index is 12.6. The number of amides is 2. The summed E-state index contributed by atoms with van der Waals surface area (Å²) in [6.07, 6.45) is 2.59. The number of sulfonamides is 1. The maximum atomic E-state index is 12.6. The smallest absolute Gasteiger partial charge is 0.352 e. The lowest BCUT2D eigenvalue weighted by Gasteiger charge is -2.29. The van der Waals surface area contributed by atoms with Crippen LogP contribution in [0.2, 0.25) is 0 Å². The Morgan fingerprint density at radius 3 is 2.36 bits per heavy atom. The number of nitrogens with zero attached hydrogens (tertiary/aromatic N) is 1. The molecule has 1 aromatic rings. The zero-order chi connectivity index (χ0) is 24.6. The predicted octanol–water partition coefficient (Wildman–Crippen LogP) is 1.12. The van der Waals surface area contributed by atoms with Crippen LogP contribution < -0.4 is 10.0 Å². The van der Waals surface area contributed by atoms with Crippen molar-refractivity contribution in [2.75, 3.05) is 32.8 Å². The number of hydrogen-bond donors (Lipinski definition) is 3. The van der Waals surface area contributed by atoms with E-state index < -0.39 is 21.9 Å². The summed E-state index contributed by atoms with van der Waals surface area (Å²) >= 11 is 0. The van der Waals surface area contributed by atoms with Crippen LogP contribution in [0.4, 0.5) is 0 Å². The number of benzene rings is 1. The van der Waals surface area contributed by atoms with Gasteiger partial charge in [0.2, 0.25) is 0 Å². The highest BCUT2D eigenvalue weighted by Crippen LogP contribution is 2.18. The molecule has 0 aromatic heterocycles. The molecule has 0 aliphatic carbocycles. The van der Waals surface area contributed by atoms with E-state index in [0.29, 0.717) is 26.3 Å². The van der Waals surface area contributed by atoms with Gasteiger partial charge in [-0.3, -0.25) is 9.59 Å². The molecule has 0 atom stereocenters. The zero-order valence-electron chi connectivity index (χ0n) is 18.8. The Balaban J connectivity index is 2.08. The monoisotopic (exact) mass is 479 g/mol. The molecular formula is C22H29N3O7S. The molecule has 180 valence electrons. The Morgan fingerprint density at radius 1 is 1.12 bits per heavy atom. The number of carbonyl (C=O) groups is 3. The highest BCUT2D eigenvalue weighted by Gasteiger charge is 2.27. The molecule has 2 amide bonds. The first-order valence-corrected chi connectivity index (χ1v) is 12.0. The van der Waals surface area contributed by atoms with E-state index in [4.69, 9.17) is 4.74 Å². The van der Waals surface area contributed by atoms with Gasteiger partial charge >= 0.3 is 5.97 Å². The van der Waals surface area contributed by atoms with Gasteiger partial charge in [0.15, 0.2) is 0 Å². The third-order valence-electron chi connectivity index (χ3n) is 4.63. The standard InChI is InChI=1S/C22H29N3O7S/c1-4-32-12-11-23-20(26)16-5-8-18(9-6-16)33(30,31)24-21(27)17-7-10-19(22(28)29)25(14-17)13-15(2)3/h5-10,15H,4,11-14H2,1-3H3,(H,23,26)(H,24,27)(H,28,29). The number of ether oxygens (including phenoxy) is 1. The second-order valence-corrected chi connectivity index (χ2v) is 9.42. The summed E-state index contributed by atoms with van der Waals surface area (Å²) in [5.74, 6) is -2.21. The van der Waals surface area contributed by atoms with Crippen molar-refractivity contribution in [3.05, 3.63) is 53.3 Å². The van der Waals surface area contributed by atoms with Crippen LogP contribution in [0.1, 0.15) is 31.1 Å². The minimum absolute atomic E-state index is 0.0292. The molecule has 33 heavy (non-hydrogen) atoms. The van der Waals surface area contributed by atoms with E-state index in [2.05, 4.69) is 5.32 Å². The number of carboxylic acid groups (broad SMARTS) is 1. The van der Waals surface area contributed by atoms with Crippen LogP contribution in [0.25, 0.3) is 0 Å². The maximum Gasteiger partial charge on any atom is 0.352 e. The van der Waals surface area contributed by atoms with Crippen LogP contribution in [-0.4, -0.2) is 69.1 Å². The van der Waals surface area contributed by atoms with Crippen molar-refractivity contribution in [3.8, 4) is 0 Å². The van der Waals surface area contributed by atoms with Crippen molar-refractivity contribution in [3.63, 3.8) is 0 Å². The Kier molecular flexibility index (Phi) is 9.18. The number of carbonyl (C=O) groups excluding carboxylic acids is 2. The Labute approximate surface area is 193 Å². The van der Waals surface area contributed by atoms with E-state index >= 15 is 0 Å². The fourth-order valence-corrected chi connectivity index (χ4v) is 4.09. The SMILES string of the molecule is CCOCCNC(=O)c1ccc(S(=O)(=O)NC(=O)C2=CC=C(C(=O)O)N(CC(C)C)C2)cc1. The number of hydrogen-bond acceptors (Lipinski definition) is 7. The number of rotatable bonds is 11. The van der Waals surface area contributed by atoms with E-state index in [1.54, 1.807) is 0 Å². The van der Waals surface area contributed by atoms with Crippen molar-refractivity contribution < 1.29 is 32.6 Å². The lowest BCUT2D eigenvalue weighted by Crippen LogP contribution is -2.40. The van der Waals surface area contributed by atoms with Gasteiger partial charge in [0.25, 0.3) is 21.8 Å². The molecule has 11 heteroatoms. The molecule has 3 N–H and O–H groups in total. The van der Waals surface area contributed by atoms with Crippen LogP contribution in [-0.2, 0) is 24.3 Å². The number of carboxylic acids is 1. The molecule has 0 spiro atoms. The van der Waals surface area contributed by atoms with Crippen molar-refractivity contribution in [1.82, 2.24) is 14.9 Å². The van der Waals surface area contributed by atoms with Crippen molar-refractivity contribution in [2.45, 2.75) is 25.7 Å². The fraction of sp³-hybridized carbons (Fsp3) is 0.409. The number of nitrogens with one attached hydrogen (secondary N) is 2. The third-order valence-corrected chi connectivity index (χ3v) is 5.98. The lowest BCUT2D eigenvalue weighted by molar-refractivity contribution is -0.134. The number of aliphatic carboxylic acids is 1. The summed E-state index contributed by atoms with van der Waals surface area (Å²) < 4.78 is 32.4. The van der Waals surface area contributed by atoms with Gasteiger partial charge in [0.05, 0.1) is 11.5 Å². The average Bonchev–Trinajstić information content (AvgIpc) is 2.75. The largest absolute Gasteiger partial charge is 0.477 e. The molecule has 1 aliphatic heterocycles. The topological polar surface area (TPSA) is 142 Å². The zero-order valence-corrected chi connectivity index (χ0v) is 19.6. The van der Waals surface area contributed by atoms with E-state index in [0.717, 1.165) is 0 Å². The van der Waals surface area contributed by atoms with Gasteiger partial charge in [-0.1, -0.05) is 13.8 Å². The summed E-state index contributed by atoms with van der Waals surface area (Å²) in [4.78, 5) is 37.5. The first-order chi connectivity index (χ1) is 15.5. The highest BCUT2D eigenvalue weighted by atomic mass is 32.2. The van der Waals surface area contributed by atoms with Crippen molar-refractivity contribution >= 4 is 27.8 Å². The first-order valence-electron chi connectivity index (χ1n) is 10.5. The second kappa shape index (κ2) is 11.6. The Hall–Kier alpha value is -3.18. The minimum atomic E-state index is -4.19. The summed E-state index contributed by atoms with van der Waals surface area (Å²) in [5.41, 5.74) is 0.426. The molecule has 0 bridgehead atoms. The van der Waals surface area contributed by atoms with E-state index in [-0.39, 0.29) is 40.1 Å². The van der Waals surface area contributed by atoms with Crippen molar-refractivity contribution in [2.24, 2.45) is 5.92 Å². The van der Waals surface area contributed by atoms with E-state index in [1.165, 1.54) is 41.3 Å². The van der Waals surface area contributed by atoms with Gasteiger partial charge in [-0.25, -0.2) is 17.9 Å². The fourth-order valence-electron chi connectivity index (χ4n) is 3.10. The van der Waals surface area contributed by atoms with Gasteiger partial charge < -0.3 is 20.1 Å². The Bertz CT molecular complexity index is 1040. The summed E-state index contributed by atoms with van der Waals surface area (Å²) in [7, 11) is -4.19. The predicted molar refractivity (Wildman–Crippen MR) is 121 cm³/mol. The van der Waals surface area contributed by atoms with Crippen molar-refractivity contribution in [1.29, 1.82) is 0 Å².